The summed E-state index contributed by atoms with van der Waals surface area (Å²) in [5.41, 5.74) is 2.74. The summed E-state index contributed by atoms with van der Waals surface area (Å²) in [6.45, 7) is 8.59. The Morgan fingerprint density at radius 1 is 1.52 bits per heavy atom. The van der Waals surface area contributed by atoms with Crippen molar-refractivity contribution < 1.29 is 9.53 Å². The normalized spacial score (nSPS) is 19.1. The van der Waals surface area contributed by atoms with Gasteiger partial charge in [-0.3, -0.25) is 4.79 Å². The Morgan fingerprint density at radius 3 is 3.00 bits per heavy atom. The fraction of sp³-hybridized carbons (Fsp3) is 0.688. The van der Waals surface area contributed by atoms with Crippen molar-refractivity contribution in [2.45, 2.75) is 26.7 Å². The van der Waals surface area contributed by atoms with Crippen LogP contribution in [0, 0.1) is 19.8 Å². The average Bonchev–Trinajstić information content (AvgIpc) is 3.07. The Bertz CT molecular complexity index is 473. The number of hydrogen-bond acceptors (Lipinski definition) is 4. The lowest BCUT2D eigenvalue weighted by atomic mass is 10.1. The number of thiophene rings is 1. The zero-order chi connectivity index (χ0) is 15.2. The van der Waals surface area contributed by atoms with E-state index in [1.807, 2.05) is 0 Å². The molecule has 1 aliphatic heterocycles. The van der Waals surface area contributed by atoms with Crippen molar-refractivity contribution in [1.29, 1.82) is 0 Å². The number of rotatable bonds is 7. The Morgan fingerprint density at radius 2 is 2.33 bits per heavy atom. The van der Waals surface area contributed by atoms with E-state index in [1.54, 1.807) is 18.4 Å². The first-order valence-corrected chi connectivity index (χ1v) is 8.52. The number of carbonyl (C=O) groups is 1. The molecule has 1 saturated heterocycles. The van der Waals surface area contributed by atoms with Crippen molar-refractivity contribution in [1.82, 2.24) is 10.2 Å². The summed E-state index contributed by atoms with van der Waals surface area (Å²) < 4.78 is 5.09. The molecule has 4 nitrogen and oxygen atoms in total. The molecule has 5 heteroatoms. The Hall–Kier alpha value is -0.910. The second-order valence-electron chi connectivity index (χ2n) is 5.76. The summed E-state index contributed by atoms with van der Waals surface area (Å²) in [6, 6.07) is 0. The van der Waals surface area contributed by atoms with Gasteiger partial charge in [0.1, 0.15) is 0 Å². The van der Waals surface area contributed by atoms with Crippen molar-refractivity contribution in [3.05, 3.63) is 21.4 Å². The topological polar surface area (TPSA) is 41.6 Å². The molecule has 2 heterocycles. The molecule has 1 aliphatic rings. The summed E-state index contributed by atoms with van der Waals surface area (Å²) in [6.07, 6.45) is 1.90. The molecule has 0 bridgehead atoms. The Labute approximate surface area is 131 Å². The van der Waals surface area contributed by atoms with E-state index in [-0.39, 0.29) is 11.8 Å². The number of methoxy groups -OCH3 is 1. The molecule has 0 unspecified atom stereocenters. The van der Waals surface area contributed by atoms with Crippen molar-refractivity contribution in [2.75, 3.05) is 39.9 Å². The van der Waals surface area contributed by atoms with Gasteiger partial charge in [-0.15, -0.1) is 11.3 Å². The molecule has 1 fully saturated rings. The number of ether oxygens (including phenoxy) is 1. The molecule has 0 saturated carbocycles. The van der Waals surface area contributed by atoms with Crippen LogP contribution in [0.4, 0.5) is 0 Å². The number of carbonyl (C=O) groups excluding carboxylic acids is 1. The molecule has 1 atom stereocenters. The second kappa shape index (κ2) is 7.92. The molecular weight excluding hydrogens is 284 g/mol. The van der Waals surface area contributed by atoms with Crippen LogP contribution >= 0.6 is 11.3 Å². The molecule has 0 aliphatic carbocycles. The van der Waals surface area contributed by atoms with E-state index < -0.39 is 0 Å². The fourth-order valence-corrected chi connectivity index (χ4v) is 3.67. The van der Waals surface area contributed by atoms with E-state index in [4.69, 9.17) is 4.74 Å². The predicted octanol–water partition coefficient (Wildman–Crippen LogP) is 1.99. The number of nitrogens with one attached hydrogen (secondary N) is 1. The third-order valence-electron chi connectivity index (χ3n) is 4.34. The molecule has 2 rings (SSSR count). The highest BCUT2D eigenvalue weighted by molar-refractivity contribution is 7.10. The lowest BCUT2D eigenvalue weighted by Gasteiger charge is -2.15. The van der Waals surface area contributed by atoms with Crippen molar-refractivity contribution >= 4 is 17.2 Å². The maximum atomic E-state index is 12.2. The Kier molecular flexibility index (Phi) is 6.21. The summed E-state index contributed by atoms with van der Waals surface area (Å²) in [5.74, 6) is 0.353. The largest absolute Gasteiger partial charge is 0.383 e. The number of nitrogens with zero attached hydrogens (tertiary/aromatic N) is 1. The first-order chi connectivity index (χ1) is 10.1. The van der Waals surface area contributed by atoms with E-state index >= 15 is 0 Å². The van der Waals surface area contributed by atoms with Gasteiger partial charge in [0.2, 0.25) is 5.91 Å². The molecule has 1 N–H and O–H groups in total. The summed E-state index contributed by atoms with van der Waals surface area (Å²) >= 11 is 1.79. The SMILES string of the molecule is COCCN1CC[C@H](C(=O)NCCc2csc(C)c2C)C1. The smallest absolute Gasteiger partial charge is 0.224 e. The van der Waals surface area contributed by atoms with Crippen LogP contribution in [0.3, 0.4) is 0 Å². The van der Waals surface area contributed by atoms with E-state index in [9.17, 15) is 4.79 Å². The average molecular weight is 310 g/mol. The van der Waals surface area contributed by atoms with Crippen LogP contribution in [-0.4, -0.2) is 50.7 Å². The van der Waals surface area contributed by atoms with Gasteiger partial charge in [-0.25, -0.2) is 0 Å². The van der Waals surface area contributed by atoms with Crippen molar-refractivity contribution in [3.63, 3.8) is 0 Å². The van der Waals surface area contributed by atoms with Crippen LogP contribution in [0.5, 0.6) is 0 Å². The van der Waals surface area contributed by atoms with Gasteiger partial charge in [-0.05, 0) is 49.7 Å². The monoisotopic (exact) mass is 310 g/mol. The van der Waals surface area contributed by atoms with Gasteiger partial charge in [0, 0.05) is 31.6 Å². The number of hydrogen-bond donors (Lipinski definition) is 1. The maximum Gasteiger partial charge on any atom is 0.224 e. The highest BCUT2D eigenvalue weighted by atomic mass is 32.1. The molecule has 0 aromatic carbocycles. The van der Waals surface area contributed by atoms with Gasteiger partial charge < -0.3 is 15.0 Å². The van der Waals surface area contributed by atoms with Gasteiger partial charge in [-0.1, -0.05) is 0 Å². The van der Waals surface area contributed by atoms with Gasteiger partial charge >= 0.3 is 0 Å². The highest BCUT2D eigenvalue weighted by Crippen LogP contribution is 2.21. The summed E-state index contributed by atoms with van der Waals surface area (Å²) in [7, 11) is 1.72. The molecule has 118 valence electrons. The molecular formula is C16H26N2O2S. The van der Waals surface area contributed by atoms with Crippen molar-refractivity contribution in [3.8, 4) is 0 Å². The molecule has 0 spiro atoms. The molecule has 0 radical (unpaired) electrons. The summed E-state index contributed by atoms with van der Waals surface area (Å²) in [5, 5.41) is 5.30. The van der Waals surface area contributed by atoms with E-state index in [2.05, 4.69) is 29.4 Å². The molecule has 1 aromatic heterocycles. The fourth-order valence-electron chi connectivity index (χ4n) is 2.74. The van der Waals surface area contributed by atoms with Crippen molar-refractivity contribution in [2.24, 2.45) is 5.92 Å². The van der Waals surface area contributed by atoms with Gasteiger partial charge in [-0.2, -0.15) is 0 Å². The minimum atomic E-state index is 0.146. The van der Waals surface area contributed by atoms with Crippen LogP contribution in [0.2, 0.25) is 0 Å². The third kappa shape index (κ3) is 4.53. The minimum Gasteiger partial charge on any atom is -0.383 e. The first-order valence-electron chi connectivity index (χ1n) is 7.64. The predicted molar refractivity (Wildman–Crippen MR) is 86.9 cm³/mol. The van der Waals surface area contributed by atoms with E-state index in [0.717, 1.165) is 45.6 Å². The first kappa shape index (κ1) is 16.5. The van der Waals surface area contributed by atoms with Crippen LogP contribution in [0.15, 0.2) is 5.38 Å². The molecule has 1 aromatic rings. The van der Waals surface area contributed by atoms with E-state index in [1.165, 1.54) is 16.0 Å². The van der Waals surface area contributed by atoms with E-state index in [0.29, 0.717) is 0 Å². The molecule has 1 amide bonds. The highest BCUT2D eigenvalue weighted by Gasteiger charge is 2.27. The minimum absolute atomic E-state index is 0.146. The van der Waals surface area contributed by atoms with Crippen LogP contribution in [0.1, 0.15) is 22.4 Å². The zero-order valence-electron chi connectivity index (χ0n) is 13.3. The summed E-state index contributed by atoms with van der Waals surface area (Å²) in [4.78, 5) is 15.9. The lowest BCUT2D eigenvalue weighted by Crippen LogP contribution is -2.34. The third-order valence-corrected chi connectivity index (χ3v) is 5.40. The van der Waals surface area contributed by atoms with Crippen LogP contribution < -0.4 is 5.32 Å². The quantitative estimate of drug-likeness (QED) is 0.837. The lowest BCUT2D eigenvalue weighted by molar-refractivity contribution is -0.124. The number of amides is 1. The number of likely N-dealkylation sites (tertiary alicyclic amines) is 1. The second-order valence-corrected chi connectivity index (χ2v) is 6.85. The zero-order valence-corrected chi connectivity index (χ0v) is 14.1. The van der Waals surface area contributed by atoms with Crippen LogP contribution in [0.25, 0.3) is 0 Å². The maximum absolute atomic E-state index is 12.2. The van der Waals surface area contributed by atoms with Crippen LogP contribution in [-0.2, 0) is 16.0 Å². The standard InChI is InChI=1S/C16H26N2O2S/c1-12-13(2)21-11-15(12)4-6-17-16(19)14-5-7-18(10-14)8-9-20-3/h11,14H,4-10H2,1-3H3,(H,17,19)/t14-/m0/s1. The number of aryl methyl sites for hydroxylation is 1. The van der Waals surface area contributed by atoms with Gasteiger partial charge in [0.15, 0.2) is 0 Å². The van der Waals surface area contributed by atoms with Gasteiger partial charge in [0.05, 0.1) is 12.5 Å². The Balaban J connectivity index is 1.69. The van der Waals surface area contributed by atoms with Gasteiger partial charge in [0.25, 0.3) is 0 Å². The molecule has 21 heavy (non-hydrogen) atoms.